The third-order valence-corrected chi connectivity index (χ3v) is 3.69. The van der Waals surface area contributed by atoms with Crippen molar-refractivity contribution in [1.29, 1.82) is 0 Å². The topological polar surface area (TPSA) is 59.0 Å². The largest absolute Gasteiger partial charge is 0.322 e. The minimum atomic E-state index is -0.0602. The highest BCUT2D eigenvalue weighted by atomic mass is 16.2. The number of nitrogens with zero attached hydrogens (tertiary/aromatic N) is 2. The third-order valence-electron chi connectivity index (χ3n) is 3.69. The van der Waals surface area contributed by atoms with E-state index in [0.29, 0.717) is 6.04 Å². The number of aryl methyl sites for hydroxylation is 1. The van der Waals surface area contributed by atoms with Gasteiger partial charge >= 0.3 is 0 Å². The van der Waals surface area contributed by atoms with Crippen molar-refractivity contribution >= 4 is 11.6 Å². The van der Waals surface area contributed by atoms with Gasteiger partial charge in [-0.05, 0) is 47.1 Å². The second kappa shape index (κ2) is 5.74. The molecule has 2 N–H and O–H groups in total. The Morgan fingerprint density at radius 3 is 2.68 bits per heavy atom. The van der Waals surface area contributed by atoms with Crippen molar-refractivity contribution < 1.29 is 4.79 Å². The number of anilines is 1. The fraction of sp³-hybridized carbons (Fsp3) is 0.714. The number of hydrogen-bond donors (Lipinski definition) is 2. The molecule has 106 valence electrons. The second-order valence-corrected chi connectivity index (χ2v) is 5.58. The summed E-state index contributed by atoms with van der Waals surface area (Å²) in [5, 5.41) is 10.8. The van der Waals surface area contributed by atoms with Crippen LogP contribution in [0, 0.1) is 13.8 Å². The van der Waals surface area contributed by atoms with Crippen LogP contribution in [0.1, 0.15) is 50.5 Å². The lowest BCUT2D eigenvalue weighted by atomic mass is 10.0. The van der Waals surface area contributed by atoms with E-state index >= 15 is 0 Å². The van der Waals surface area contributed by atoms with Crippen LogP contribution in [0.2, 0.25) is 0 Å². The number of amides is 1. The Labute approximate surface area is 114 Å². The van der Waals surface area contributed by atoms with Crippen molar-refractivity contribution in [3.8, 4) is 0 Å². The van der Waals surface area contributed by atoms with Gasteiger partial charge in [-0.3, -0.25) is 9.48 Å². The van der Waals surface area contributed by atoms with Gasteiger partial charge in [-0.25, -0.2) is 0 Å². The number of rotatable bonds is 3. The van der Waals surface area contributed by atoms with Crippen LogP contribution in [-0.2, 0) is 4.79 Å². The first-order chi connectivity index (χ1) is 9.00. The van der Waals surface area contributed by atoms with Crippen molar-refractivity contribution in [3.05, 3.63) is 11.4 Å². The molecule has 1 amide bonds. The standard InChI is InChI=1S/C14H24N4O/c1-9(2)18-11(4)13(10(3)17-18)16-14(19)12-7-5-6-8-15-12/h9,12,15H,5-8H2,1-4H3,(H,16,19)/t12-/m1/s1. The number of carbonyl (C=O) groups is 1. The minimum Gasteiger partial charge on any atom is -0.322 e. The number of hydrogen-bond acceptors (Lipinski definition) is 3. The maximum absolute atomic E-state index is 12.2. The summed E-state index contributed by atoms with van der Waals surface area (Å²) in [6.07, 6.45) is 3.20. The summed E-state index contributed by atoms with van der Waals surface area (Å²) in [6.45, 7) is 9.06. The Balaban J connectivity index is 2.12. The zero-order chi connectivity index (χ0) is 14.0. The van der Waals surface area contributed by atoms with Crippen LogP contribution in [0.5, 0.6) is 0 Å². The smallest absolute Gasteiger partial charge is 0.241 e. The lowest BCUT2D eigenvalue weighted by Gasteiger charge is -2.22. The van der Waals surface area contributed by atoms with Crippen LogP contribution < -0.4 is 10.6 Å². The summed E-state index contributed by atoms with van der Waals surface area (Å²) >= 11 is 0. The molecule has 1 saturated heterocycles. The van der Waals surface area contributed by atoms with Gasteiger partial charge in [-0.15, -0.1) is 0 Å². The molecule has 1 aromatic rings. The molecule has 1 aliphatic rings. The molecule has 19 heavy (non-hydrogen) atoms. The van der Waals surface area contributed by atoms with E-state index in [1.54, 1.807) is 0 Å². The van der Waals surface area contributed by atoms with Crippen LogP contribution >= 0.6 is 0 Å². The molecule has 0 spiro atoms. The molecule has 1 atom stereocenters. The van der Waals surface area contributed by atoms with Crippen LogP contribution in [0.25, 0.3) is 0 Å². The van der Waals surface area contributed by atoms with Gasteiger partial charge < -0.3 is 10.6 Å². The molecular weight excluding hydrogens is 240 g/mol. The molecule has 2 rings (SSSR count). The van der Waals surface area contributed by atoms with Gasteiger partial charge in [0.15, 0.2) is 0 Å². The summed E-state index contributed by atoms with van der Waals surface area (Å²) in [5.74, 6) is 0.0641. The van der Waals surface area contributed by atoms with Crippen molar-refractivity contribution in [1.82, 2.24) is 15.1 Å². The molecule has 5 heteroatoms. The van der Waals surface area contributed by atoms with Crippen LogP contribution in [0.15, 0.2) is 0 Å². The Morgan fingerprint density at radius 2 is 2.16 bits per heavy atom. The number of nitrogens with one attached hydrogen (secondary N) is 2. The highest BCUT2D eigenvalue weighted by Gasteiger charge is 2.23. The maximum Gasteiger partial charge on any atom is 0.241 e. The molecule has 5 nitrogen and oxygen atoms in total. The van der Waals surface area contributed by atoms with E-state index < -0.39 is 0 Å². The molecule has 0 radical (unpaired) electrons. The highest BCUT2D eigenvalue weighted by molar-refractivity contribution is 5.95. The Kier molecular flexibility index (Phi) is 4.24. The van der Waals surface area contributed by atoms with E-state index in [2.05, 4.69) is 29.6 Å². The normalized spacial score (nSPS) is 19.7. The molecular formula is C14H24N4O. The van der Waals surface area contributed by atoms with Gasteiger partial charge in [0.2, 0.25) is 5.91 Å². The molecule has 0 saturated carbocycles. The number of piperidine rings is 1. The highest BCUT2D eigenvalue weighted by Crippen LogP contribution is 2.23. The van der Waals surface area contributed by atoms with Crippen molar-refractivity contribution in [2.45, 2.75) is 59.0 Å². The van der Waals surface area contributed by atoms with E-state index in [4.69, 9.17) is 0 Å². The first-order valence-corrected chi connectivity index (χ1v) is 7.10. The summed E-state index contributed by atoms with van der Waals surface area (Å²) in [6, 6.07) is 0.243. The van der Waals surface area contributed by atoms with E-state index in [-0.39, 0.29) is 11.9 Å². The Hall–Kier alpha value is -1.36. The molecule has 0 unspecified atom stereocenters. The van der Waals surface area contributed by atoms with Crippen molar-refractivity contribution in [3.63, 3.8) is 0 Å². The molecule has 0 aliphatic carbocycles. The second-order valence-electron chi connectivity index (χ2n) is 5.58. The maximum atomic E-state index is 12.2. The fourth-order valence-corrected chi connectivity index (χ4v) is 2.63. The minimum absolute atomic E-state index is 0.0602. The lowest BCUT2D eigenvalue weighted by molar-refractivity contribution is -0.118. The molecule has 1 aromatic heterocycles. The SMILES string of the molecule is Cc1nn(C(C)C)c(C)c1NC(=O)[C@H]1CCCCN1. The Morgan fingerprint density at radius 1 is 1.42 bits per heavy atom. The lowest BCUT2D eigenvalue weighted by Crippen LogP contribution is -2.43. The zero-order valence-corrected chi connectivity index (χ0v) is 12.3. The van der Waals surface area contributed by atoms with Crippen molar-refractivity contribution in [2.75, 3.05) is 11.9 Å². The first-order valence-electron chi connectivity index (χ1n) is 7.10. The van der Waals surface area contributed by atoms with E-state index in [0.717, 1.165) is 42.9 Å². The van der Waals surface area contributed by atoms with E-state index in [1.807, 2.05) is 18.5 Å². The van der Waals surface area contributed by atoms with Crippen LogP contribution in [-0.4, -0.2) is 28.3 Å². The fourth-order valence-electron chi connectivity index (χ4n) is 2.63. The molecule has 0 bridgehead atoms. The summed E-state index contributed by atoms with van der Waals surface area (Å²) in [7, 11) is 0. The average molecular weight is 264 g/mol. The first kappa shape index (κ1) is 14.1. The summed E-state index contributed by atoms with van der Waals surface area (Å²) in [5.41, 5.74) is 2.78. The zero-order valence-electron chi connectivity index (χ0n) is 12.3. The van der Waals surface area contributed by atoms with Gasteiger partial charge in [0.05, 0.1) is 23.1 Å². The molecule has 1 fully saturated rings. The van der Waals surface area contributed by atoms with Gasteiger partial charge in [-0.2, -0.15) is 5.10 Å². The average Bonchev–Trinajstić information content (AvgIpc) is 2.68. The van der Waals surface area contributed by atoms with Crippen molar-refractivity contribution in [2.24, 2.45) is 0 Å². The summed E-state index contributed by atoms with van der Waals surface area (Å²) in [4.78, 5) is 12.2. The quantitative estimate of drug-likeness (QED) is 0.879. The van der Waals surface area contributed by atoms with Gasteiger partial charge in [0.25, 0.3) is 0 Å². The molecule has 0 aromatic carbocycles. The van der Waals surface area contributed by atoms with Gasteiger partial charge in [0, 0.05) is 6.04 Å². The van der Waals surface area contributed by atoms with Gasteiger partial charge in [-0.1, -0.05) is 6.42 Å². The van der Waals surface area contributed by atoms with E-state index in [9.17, 15) is 4.79 Å². The molecule has 1 aliphatic heterocycles. The molecule has 2 heterocycles. The Bertz CT molecular complexity index is 458. The van der Waals surface area contributed by atoms with E-state index in [1.165, 1.54) is 0 Å². The summed E-state index contributed by atoms with van der Waals surface area (Å²) < 4.78 is 1.96. The third kappa shape index (κ3) is 2.97. The predicted octanol–water partition coefficient (Wildman–Crippen LogP) is 2.16. The predicted molar refractivity (Wildman–Crippen MR) is 76.4 cm³/mol. The number of carbonyl (C=O) groups excluding carboxylic acids is 1. The van der Waals surface area contributed by atoms with Crippen LogP contribution in [0.4, 0.5) is 5.69 Å². The van der Waals surface area contributed by atoms with Crippen LogP contribution in [0.3, 0.4) is 0 Å². The monoisotopic (exact) mass is 264 g/mol. The number of aromatic nitrogens is 2. The van der Waals surface area contributed by atoms with Gasteiger partial charge in [0.1, 0.15) is 0 Å².